The van der Waals surface area contributed by atoms with Crippen LogP contribution in [0.1, 0.15) is 27.5 Å². The molecule has 1 atom stereocenters. The highest BCUT2D eigenvalue weighted by molar-refractivity contribution is 5.91. The van der Waals surface area contributed by atoms with E-state index in [0.717, 1.165) is 5.56 Å². The molecule has 1 heterocycles. The first-order chi connectivity index (χ1) is 8.09. The zero-order valence-corrected chi connectivity index (χ0v) is 9.56. The van der Waals surface area contributed by atoms with E-state index in [4.69, 9.17) is 9.84 Å². The molecule has 5 heteroatoms. The monoisotopic (exact) mass is 237 g/mol. The Labute approximate surface area is 99.0 Å². The maximum Gasteiger partial charge on any atom is 0.339 e. The fourth-order valence-corrected chi connectivity index (χ4v) is 2.00. The van der Waals surface area contributed by atoms with Gasteiger partial charge in [0.25, 0.3) is 0 Å². The predicted molar refractivity (Wildman–Crippen MR) is 61.4 cm³/mol. The molecule has 0 radical (unpaired) electrons. The molecule has 0 unspecified atom stereocenters. The summed E-state index contributed by atoms with van der Waals surface area (Å²) in [6.45, 7) is 3.57. The molecule has 5 nitrogen and oxygen atoms in total. The average molecular weight is 237 g/mol. The summed E-state index contributed by atoms with van der Waals surface area (Å²) >= 11 is 0. The van der Waals surface area contributed by atoms with Crippen LogP contribution >= 0.6 is 0 Å². The van der Waals surface area contributed by atoms with E-state index in [9.17, 15) is 9.90 Å². The van der Waals surface area contributed by atoms with Crippen LogP contribution in [-0.2, 0) is 4.74 Å². The minimum atomic E-state index is -1.12. The van der Waals surface area contributed by atoms with Gasteiger partial charge >= 0.3 is 5.97 Å². The Morgan fingerprint density at radius 2 is 2.29 bits per heavy atom. The van der Waals surface area contributed by atoms with E-state index in [1.165, 1.54) is 6.07 Å². The molecule has 92 valence electrons. The van der Waals surface area contributed by atoms with Crippen molar-refractivity contribution in [1.29, 1.82) is 0 Å². The third-order valence-electron chi connectivity index (χ3n) is 2.81. The van der Waals surface area contributed by atoms with Crippen molar-refractivity contribution in [1.82, 2.24) is 5.32 Å². The molecule has 2 rings (SSSR count). The third-order valence-corrected chi connectivity index (χ3v) is 2.81. The van der Waals surface area contributed by atoms with E-state index < -0.39 is 5.97 Å². The first-order valence-corrected chi connectivity index (χ1v) is 5.47. The number of ether oxygens (including phenoxy) is 1. The molecule has 1 fully saturated rings. The number of carboxylic acid groups (broad SMARTS) is 1. The van der Waals surface area contributed by atoms with Gasteiger partial charge in [-0.15, -0.1) is 0 Å². The lowest BCUT2D eigenvalue weighted by atomic mass is 9.99. The van der Waals surface area contributed by atoms with Gasteiger partial charge in [0.1, 0.15) is 11.3 Å². The van der Waals surface area contributed by atoms with E-state index in [1.807, 2.05) is 0 Å². The van der Waals surface area contributed by atoms with Crippen LogP contribution in [0.25, 0.3) is 0 Å². The maximum atomic E-state index is 11.0. The lowest BCUT2D eigenvalue weighted by Gasteiger charge is -2.25. The van der Waals surface area contributed by atoms with E-state index in [-0.39, 0.29) is 17.4 Å². The Bertz CT molecular complexity index is 438. The Balaban J connectivity index is 2.41. The van der Waals surface area contributed by atoms with Gasteiger partial charge in [-0.25, -0.2) is 4.79 Å². The average Bonchev–Trinajstić information content (AvgIpc) is 2.32. The van der Waals surface area contributed by atoms with Crippen LogP contribution in [0.15, 0.2) is 12.1 Å². The Kier molecular flexibility index (Phi) is 3.31. The summed E-state index contributed by atoms with van der Waals surface area (Å²) in [4.78, 5) is 11.0. The predicted octanol–water partition coefficient (Wildman–Crippen LogP) is 1.06. The van der Waals surface area contributed by atoms with Crippen molar-refractivity contribution in [2.24, 2.45) is 0 Å². The van der Waals surface area contributed by atoms with Crippen molar-refractivity contribution >= 4 is 5.97 Å². The molecule has 0 aliphatic carbocycles. The van der Waals surface area contributed by atoms with Gasteiger partial charge in [0.15, 0.2) is 0 Å². The molecule has 17 heavy (non-hydrogen) atoms. The molecule has 3 N–H and O–H groups in total. The molecule has 0 amide bonds. The Morgan fingerprint density at radius 3 is 2.88 bits per heavy atom. The number of hydrogen-bond acceptors (Lipinski definition) is 4. The third kappa shape index (κ3) is 2.40. The summed E-state index contributed by atoms with van der Waals surface area (Å²) in [5.74, 6) is -1.30. The minimum absolute atomic E-state index is 0.0626. The van der Waals surface area contributed by atoms with Crippen LogP contribution in [0.5, 0.6) is 5.75 Å². The SMILES string of the molecule is Cc1cc(C(=O)O)c(O)c([C@H]2COCCN2)c1. The highest BCUT2D eigenvalue weighted by Crippen LogP contribution is 2.30. The zero-order valence-electron chi connectivity index (χ0n) is 9.56. The Morgan fingerprint density at radius 1 is 1.53 bits per heavy atom. The summed E-state index contributed by atoms with van der Waals surface area (Å²) in [5, 5.41) is 22.2. The van der Waals surface area contributed by atoms with Gasteiger partial charge in [0, 0.05) is 12.1 Å². The normalized spacial score (nSPS) is 20.2. The number of aryl methyl sites for hydroxylation is 1. The van der Waals surface area contributed by atoms with Gasteiger partial charge in [0.05, 0.1) is 19.3 Å². The van der Waals surface area contributed by atoms with Gasteiger partial charge in [-0.3, -0.25) is 0 Å². The van der Waals surface area contributed by atoms with E-state index in [1.54, 1.807) is 13.0 Å². The zero-order chi connectivity index (χ0) is 12.4. The van der Waals surface area contributed by atoms with Gasteiger partial charge in [-0.2, -0.15) is 0 Å². The molecule has 0 bridgehead atoms. The largest absolute Gasteiger partial charge is 0.507 e. The summed E-state index contributed by atoms with van der Waals surface area (Å²) in [6, 6.07) is 3.10. The molecule has 0 spiro atoms. The molecule has 1 aromatic rings. The molecule has 0 saturated carbocycles. The van der Waals surface area contributed by atoms with Crippen molar-refractivity contribution in [3.63, 3.8) is 0 Å². The Hall–Kier alpha value is -1.59. The minimum Gasteiger partial charge on any atom is -0.507 e. The van der Waals surface area contributed by atoms with Gasteiger partial charge in [-0.1, -0.05) is 6.07 Å². The molecule has 1 aromatic carbocycles. The van der Waals surface area contributed by atoms with Crippen LogP contribution in [0, 0.1) is 6.92 Å². The lowest BCUT2D eigenvalue weighted by molar-refractivity contribution is 0.0687. The number of carboxylic acids is 1. The second-order valence-corrected chi connectivity index (χ2v) is 4.14. The molecule has 1 saturated heterocycles. The molecule has 0 aromatic heterocycles. The van der Waals surface area contributed by atoms with Crippen LogP contribution in [-0.4, -0.2) is 35.9 Å². The van der Waals surface area contributed by atoms with Crippen molar-refractivity contribution in [2.75, 3.05) is 19.8 Å². The first-order valence-electron chi connectivity index (χ1n) is 5.47. The topological polar surface area (TPSA) is 78.8 Å². The second kappa shape index (κ2) is 4.73. The number of aromatic carboxylic acids is 1. The van der Waals surface area contributed by atoms with Crippen molar-refractivity contribution in [3.05, 3.63) is 28.8 Å². The number of rotatable bonds is 2. The fraction of sp³-hybridized carbons (Fsp3) is 0.417. The van der Waals surface area contributed by atoms with E-state index in [2.05, 4.69) is 5.32 Å². The number of aromatic hydroxyl groups is 1. The number of nitrogens with one attached hydrogen (secondary N) is 1. The number of hydrogen-bond donors (Lipinski definition) is 3. The van der Waals surface area contributed by atoms with E-state index in [0.29, 0.717) is 25.3 Å². The summed E-state index contributed by atoms with van der Waals surface area (Å²) in [7, 11) is 0. The molecular weight excluding hydrogens is 222 g/mol. The summed E-state index contributed by atoms with van der Waals surface area (Å²) < 4.78 is 5.31. The maximum absolute atomic E-state index is 11.0. The van der Waals surface area contributed by atoms with Gasteiger partial charge < -0.3 is 20.3 Å². The summed E-state index contributed by atoms with van der Waals surface area (Å²) in [6.07, 6.45) is 0. The second-order valence-electron chi connectivity index (χ2n) is 4.14. The van der Waals surface area contributed by atoms with Crippen LogP contribution in [0.4, 0.5) is 0 Å². The number of morpholine rings is 1. The number of phenols is 1. The number of benzene rings is 1. The highest BCUT2D eigenvalue weighted by Gasteiger charge is 2.22. The first kappa shape index (κ1) is 11.9. The molecular formula is C12H15NO4. The van der Waals surface area contributed by atoms with Gasteiger partial charge in [0.2, 0.25) is 0 Å². The quantitative estimate of drug-likeness (QED) is 0.716. The lowest BCUT2D eigenvalue weighted by Crippen LogP contribution is -2.34. The smallest absolute Gasteiger partial charge is 0.339 e. The van der Waals surface area contributed by atoms with Crippen LogP contribution < -0.4 is 5.32 Å². The van der Waals surface area contributed by atoms with Crippen LogP contribution in [0.3, 0.4) is 0 Å². The van der Waals surface area contributed by atoms with Crippen molar-refractivity contribution in [2.45, 2.75) is 13.0 Å². The summed E-state index contributed by atoms with van der Waals surface area (Å²) in [5.41, 5.74) is 1.33. The van der Waals surface area contributed by atoms with E-state index >= 15 is 0 Å². The van der Waals surface area contributed by atoms with Crippen LogP contribution in [0.2, 0.25) is 0 Å². The molecule has 1 aliphatic heterocycles. The number of carbonyl (C=O) groups is 1. The standard InChI is InChI=1S/C12H15NO4/c1-7-4-8(10-6-17-3-2-13-10)11(14)9(5-7)12(15)16/h4-5,10,13-14H,2-3,6H2,1H3,(H,15,16)/t10-/m1/s1. The fourth-order valence-electron chi connectivity index (χ4n) is 2.00. The van der Waals surface area contributed by atoms with Gasteiger partial charge in [-0.05, 0) is 18.6 Å². The van der Waals surface area contributed by atoms with Crippen molar-refractivity contribution in [3.8, 4) is 5.75 Å². The molecule has 1 aliphatic rings. The van der Waals surface area contributed by atoms with Crippen molar-refractivity contribution < 1.29 is 19.7 Å². The highest BCUT2D eigenvalue weighted by atomic mass is 16.5.